The van der Waals surface area contributed by atoms with Crippen molar-refractivity contribution in [1.29, 1.82) is 0 Å². The van der Waals surface area contributed by atoms with E-state index in [2.05, 4.69) is 5.32 Å². The Labute approximate surface area is 124 Å². The summed E-state index contributed by atoms with van der Waals surface area (Å²) in [6, 6.07) is 7.41. The summed E-state index contributed by atoms with van der Waals surface area (Å²) in [7, 11) is -2.87. The summed E-state index contributed by atoms with van der Waals surface area (Å²) >= 11 is 5.79. The molecule has 0 aliphatic carbocycles. The minimum atomic E-state index is -2.87. The predicted octanol–water partition coefficient (Wildman–Crippen LogP) is 1.82. The van der Waals surface area contributed by atoms with E-state index in [0.717, 1.165) is 5.56 Å². The number of aryl methyl sites for hydroxylation is 1. The van der Waals surface area contributed by atoms with Gasteiger partial charge < -0.3 is 5.32 Å². The minimum absolute atomic E-state index is 0.0377. The van der Waals surface area contributed by atoms with Crippen LogP contribution in [0.15, 0.2) is 24.3 Å². The molecular formula is C14H18ClNO3S. The first-order valence-electron chi connectivity index (χ1n) is 6.66. The molecule has 4 nitrogen and oxygen atoms in total. The molecule has 1 N–H and O–H groups in total. The van der Waals surface area contributed by atoms with Crippen molar-refractivity contribution in [1.82, 2.24) is 5.32 Å². The number of carbonyl (C=O) groups excluding carboxylic acids is 1. The molecule has 110 valence electrons. The number of nitrogens with one attached hydrogen (secondary N) is 1. The van der Waals surface area contributed by atoms with E-state index >= 15 is 0 Å². The van der Waals surface area contributed by atoms with E-state index < -0.39 is 9.84 Å². The number of rotatable bonds is 5. The first kappa shape index (κ1) is 15.3. The van der Waals surface area contributed by atoms with Crippen molar-refractivity contribution >= 4 is 27.3 Å². The molecule has 1 unspecified atom stereocenters. The Kier molecular flexibility index (Phi) is 5.05. The molecule has 20 heavy (non-hydrogen) atoms. The second-order valence-corrected chi connectivity index (χ2v) is 7.86. The molecule has 0 saturated carbocycles. The highest BCUT2D eigenvalue weighted by Crippen LogP contribution is 2.17. The van der Waals surface area contributed by atoms with Gasteiger partial charge in [0.2, 0.25) is 5.91 Å². The zero-order valence-electron chi connectivity index (χ0n) is 11.1. The standard InChI is InChI=1S/C14H18ClNO3S/c15-13-4-1-11(2-5-13)3-6-14(17)16-9-12-7-8-20(18,19)10-12/h1-2,4-5,12H,3,6-10H2,(H,16,17). The number of halogens is 1. The van der Waals surface area contributed by atoms with Crippen LogP contribution >= 0.6 is 11.6 Å². The number of amides is 1. The molecule has 1 aromatic carbocycles. The molecule has 0 radical (unpaired) electrons. The van der Waals surface area contributed by atoms with Crippen LogP contribution in [0.3, 0.4) is 0 Å². The van der Waals surface area contributed by atoms with E-state index in [1.54, 1.807) is 12.1 Å². The molecule has 1 aliphatic heterocycles. The number of benzene rings is 1. The average molecular weight is 316 g/mol. The van der Waals surface area contributed by atoms with Crippen LogP contribution in [0, 0.1) is 5.92 Å². The van der Waals surface area contributed by atoms with Crippen molar-refractivity contribution in [2.45, 2.75) is 19.3 Å². The Morgan fingerprint density at radius 1 is 1.30 bits per heavy atom. The maximum Gasteiger partial charge on any atom is 0.220 e. The number of carbonyl (C=O) groups is 1. The minimum Gasteiger partial charge on any atom is -0.356 e. The topological polar surface area (TPSA) is 63.2 Å². The molecule has 1 amide bonds. The maximum atomic E-state index is 11.7. The van der Waals surface area contributed by atoms with Gasteiger partial charge in [0, 0.05) is 18.0 Å². The normalized spacial score (nSPS) is 20.8. The van der Waals surface area contributed by atoms with Crippen molar-refractivity contribution in [3.63, 3.8) is 0 Å². The van der Waals surface area contributed by atoms with Gasteiger partial charge in [-0.1, -0.05) is 23.7 Å². The van der Waals surface area contributed by atoms with E-state index in [0.29, 0.717) is 30.8 Å². The summed E-state index contributed by atoms with van der Waals surface area (Å²) in [6.07, 6.45) is 1.72. The van der Waals surface area contributed by atoms with Gasteiger partial charge in [-0.3, -0.25) is 4.79 Å². The Bertz CT molecular complexity index is 569. The van der Waals surface area contributed by atoms with Gasteiger partial charge in [0.1, 0.15) is 0 Å². The molecule has 1 atom stereocenters. The second kappa shape index (κ2) is 6.59. The van der Waals surface area contributed by atoms with Crippen LogP contribution in [-0.4, -0.2) is 32.4 Å². The van der Waals surface area contributed by atoms with Gasteiger partial charge in [-0.15, -0.1) is 0 Å². The van der Waals surface area contributed by atoms with Crippen LogP contribution in [0.2, 0.25) is 5.02 Å². The lowest BCUT2D eigenvalue weighted by Crippen LogP contribution is -2.29. The van der Waals surface area contributed by atoms with Crippen molar-refractivity contribution in [3.05, 3.63) is 34.9 Å². The summed E-state index contributed by atoms with van der Waals surface area (Å²) in [6.45, 7) is 0.457. The average Bonchev–Trinajstić information content (AvgIpc) is 2.75. The molecule has 2 rings (SSSR count). The molecule has 0 aromatic heterocycles. The SMILES string of the molecule is O=C(CCc1ccc(Cl)cc1)NCC1CCS(=O)(=O)C1. The van der Waals surface area contributed by atoms with E-state index in [-0.39, 0.29) is 23.3 Å². The Hall–Kier alpha value is -1.07. The summed E-state index contributed by atoms with van der Waals surface area (Å²) < 4.78 is 22.6. The molecule has 0 spiro atoms. The summed E-state index contributed by atoms with van der Waals surface area (Å²) in [5, 5.41) is 3.50. The molecule has 6 heteroatoms. The van der Waals surface area contributed by atoms with Gasteiger partial charge in [-0.05, 0) is 36.5 Å². The molecule has 1 aromatic rings. The van der Waals surface area contributed by atoms with Crippen LogP contribution in [0.1, 0.15) is 18.4 Å². The molecule has 1 saturated heterocycles. The lowest BCUT2D eigenvalue weighted by Gasteiger charge is -2.09. The second-order valence-electron chi connectivity index (χ2n) is 5.20. The molecule has 1 fully saturated rings. The van der Waals surface area contributed by atoms with Crippen molar-refractivity contribution in [2.24, 2.45) is 5.92 Å². The quantitative estimate of drug-likeness (QED) is 0.901. The predicted molar refractivity (Wildman–Crippen MR) is 79.5 cm³/mol. The summed E-state index contributed by atoms with van der Waals surface area (Å²) in [4.78, 5) is 11.7. The van der Waals surface area contributed by atoms with E-state index in [1.807, 2.05) is 12.1 Å². The highest BCUT2D eigenvalue weighted by atomic mass is 35.5. The molecule has 0 bridgehead atoms. The molecule has 1 heterocycles. The van der Waals surface area contributed by atoms with E-state index in [4.69, 9.17) is 11.6 Å². The van der Waals surface area contributed by atoms with Crippen LogP contribution < -0.4 is 5.32 Å². The van der Waals surface area contributed by atoms with Gasteiger partial charge in [0.25, 0.3) is 0 Å². The van der Waals surface area contributed by atoms with Crippen molar-refractivity contribution in [2.75, 3.05) is 18.1 Å². The largest absolute Gasteiger partial charge is 0.356 e. The zero-order chi connectivity index (χ0) is 14.6. The fourth-order valence-electron chi connectivity index (χ4n) is 2.29. The van der Waals surface area contributed by atoms with Gasteiger partial charge in [0.15, 0.2) is 9.84 Å². The fourth-order valence-corrected chi connectivity index (χ4v) is 4.28. The van der Waals surface area contributed by atoms with Gasteiger partial charge in [-0.25, -0.2) is 8.42 Å². The number of sulfone groups is 1. The summed E-state index contributed by atoms with van der Waals surface area (Å²) in [5.41, 5.74) is 1.06. The lowest BCUT2D eigenvalue weighted by atomic mass is 10.1. The van der Waals surface area contributed by atoms with Crippen LogP contribution in [0.5, 0.6) is 0 Å². The Morgan fingerprint density at radius 3 is 2.60 bits per heavy atom. The van der Waals surface area contributed by atoms with Crippen molar-refractivity contribution < 1.29 is 13.2 Å². The number of hydrogen-bond acceptors (Lipinski definition) is 3. The fraction of sp³-hybridized carbons (Fsp3) is 0.500. The van der Waals surface area contributed by atoms with E-state index in [9.17, 15) is 13.2 Å². The maximum absolute atomic E-state index is 11.7. The smallest absolute Gasteiger partial charge is 0.220 e. The Morgan fingerprint density at radius 2 is 2.00 bits per heavy atom. The highest BCUT2D eigenvalue weighted by Gasteiger charge is 2.27. The van der Waals surface area contributed by atoms with E-state index in [1.165, 1.54) is 0 Å². The first-order valence-corrected chi connectivity index (χ1v) is 8.86. The van der Waals surface area contributed by atoms with Gasteiger partial charge >= 0.3 is 0 Å². The molecular weight excluding hydrogens is 298 g/mol. The summed E-state index contributed by atoms with van der Waals surface area (Å²) in [5.74, 6) is 0.478. The first-order chi connectivity index (χ1) is 9.44. The zero-order valence-corrected chi connectivity index (χ0v) is 12.7. The highest BCUT2D eigenvalue weighted by molar-refractivity contribution is 7.91. The number of hydrogen-bond donors (Lipinski definition) is 1. The molecule has 1 aliphatic rings. The van der Waals surface area contributed by atoms with Crippen LogP contribution in [0.4, 0.5) is 0 Å². The van der Waals surface area contributed by atoms with Crippen LogP contribution in [-0.2, 0) is 21.1 Å². The van der Waals surface area contributed by atoms with Crippen LogP contribution in [0.25, 0.3) is 0 Å². The lowest BCUT2D eigenvalue weighted by molar-refractivity contribution is -0.121. The van der Waals surface area contributed by atoms with Gasteiger partial charge in [-0.2, -0.15) is 0 Å². The third-order valence-corrected chi connectivity index (χ3v) is 5.56. The van der Waals surface area contributed by atoms with Gasteiger partial charge in [0.05, 0.1) is 11.5 Å². The monoisotopic (exact) mass is 315 g/mol. The third-order valence-electron chi connectivity index (χ3n) is 3.47. The van der Waals surface area contributed by atoms with Crippen molar-refractivity contribution in [3.8, 4) is 0 Å². The third kappa shape index (κ3) is 4.80. The Balaban J connectivity index is 1.69.